The highest BCUT2D eigenvalue weighted by atomic mass is 16.3. The summed E-state index contributed by atoms with van der Waals surface area (Å²) in [6, 6.07) is 0. The molecule has 0 heterocycles. The third-order valence-corrected chi connectivity index (χ3v) is 24.8. The van der Waals surface area contributed by atoms with Crippen LogP contribution in [0.1, 0.15) is 196 Å². The van der Waals surface area contributed by atoms with Crippen molar-refractivity contribution in [1.82, 2.24) is 0 Å². The van der Waals surface area contributed by atoms with Crippen LogP contribution in [0.2, 0.25) is 0 Å². The van der Waals surface area contributed by atoms with Crippen LogP contribution in [0.15, 0.2) is 34.9 Å². The molecule has 69 heavy (non-hydrogen) atoms. The normalized spacial score (nSPS) is 50.1. The predicted octanol–water partition coefficient (Wildman–Crippen LogP) is 11.3. The number of rotatable bonds is 3. The molecule has 0 aliphatic heterocycles. The molecule has 380 valence electrons. The maximum atomic E-state index is 12.3. The highest BCUT2D eigenvalue weighted by Gasteiger charge is 2.64. The van der Waals surface area contributed by atoms with Crippen LogP contribution in [0.3, 0.4) is 0 Å². The summed E-state index contributed by atoms with van der Waals surface area (Å²) in [6.45, 7) is 15.4. The number of carbonyl (C=O) groups excluding carboxylic acids is 5. The van der Waals surface area contributed by atoms with E-state index < -0.39 is 6.10 Å². The average molecular weight is 949 g/mol. The number of hydrogen-bond acceptors (Lipinski definition) is 8. The molecule has 19 atom stereocenters. The van der Waals surface area contributed by atoms with E-state index in [4.69, 9.17) is 0 Å². The van der Waals surface area contributed by atoms with Crippen LogP contribution in [0.5, 0.6) is 0 Å². The molecular formula is C61H88O8. The number of ketones is 5. The quantitative estimate of drug-likeness (QED) is 0.253. The molecule has 0 aromatic carbocycles. The van der Waals surface area contributed by atoms with Crippen LogP contribution < -0.4 is 0 Å². The van der Waals surface area contributed by atoms with Gasteiger partial charge in [0.15, 0.2) is 23.1 Å². The molecule has 0 radical (unpaired) electrons. The summed E-state index contributed by atoms with van der Waals surface area (Å²) in [5, 5.41) is 31.0. The van der Waals surface area contributed by atoms with Crippen LogP contribution >= 0.6 is 0 Å². The molecule has 0 spiro atoms. The molecule has 12 rings (SSSR count). The Morgan fingerprint density at radius 2 is 0.928 bits per heavy atom. The van der Waals surface area contributed by atoms with E-state index in [1.54, 1.807) is 6.92 Å². The van der Waals surface area contributed by atoms with Crippen LogP contribution in [0.25, 0.3) is 0 Å². The number of aliphatic hydroxyl groups is 3. The Bertz CT molecular complexity index is 2220. The van der Waals surface area contributed by atoms with E-state index in [9.17, 15) is 39.3 Å². The van der Waals surface area contributed by atoms with Crippen molar-refractivity contribution >= 4 is 28.9 Å². The van der Waals surface area contributed by atoms with E-state index in [-0.39, 0.29) is 68.6 Å². The Balaban J connectivity index is 0.000000121. The lowest BCUT2D eigenvalue weighted by Crippen LogP contribution is -2.57. The predicted molar refractivity (Wildman–Crippen MR) is 267 cm³/mol. The number of Topliss-reactive ketones (excluding diaryl/α,β-unsaturated/α-hetero) is 2. The zero-order valence-corrected chi connectivity index (χ0v) is 43.6. The van der Waals surface area contributed by atoms with Gasteiger partial charge in [-0.2, -0.15) is 0 Å². The van der Waals surface area contributed by atoms with E-state index in [1.165, 1.54) is 68.1 Å². The standard InChI is InChI=1S/C21H30O4.C21H30O2.C19H28O2/c1-20-8-7-13(23)9-12(20)3-4-14-15-5-6-16(18(25)11-22)21(15,2)10-17(24)19(14)20;1-13(22)17-6-7-18-16-5-4-14-12-15(23)8-10-20(14,2)19(16)9-11-21(17,18)3;1-18-9-7-13(20)11-12(18)3-4-14-15-5-6-17(21)19(15,2)10-8-16(14)18/h9,14-17,19,22,24H,3-8,10-11H2,1-2H3;12,16-19H,4-11H2,1-3H3;11,14-17,21H,3-10H2,1-2H3/t14-,15-,16+,17-,19+,20-,21-;16-,17+,18-,19-,20-,21+;14-,15-,16-,17-,18-,19-/m000/s1. The highest BCUT2D eigenvalue weighted by molar-refractivity contribution is 5.92. The van der Waals surface area contributed by atoms with Gasteiger partial charge >= 0.3 is 0 Å². The van der Waals surface area contributed by atoms with Gasteiger partial charge in [0, 0.05) is 31.1 Å². The first-order valence-electron chi connectivity index (χ1n) is 28.3. The smallest absolute Gasteiger partial charge is 0.161 e. The first kappa shape index (κ1) is 50.0. The topological polar surface area (TPSA) is 146 Å². The van der Waals surface area contributed by atoms with Crippen LogP contribution in [-0.2, 0) is 24.0 Å². The number of carbonyl (C=O) groups is 5. The van der Waals surface area contributed by atoms with Crippen LogP contribution in [-0.4, -0.2) is 63.1 Å². The molecule has 8 heteroatoms. The van der Waals surface area contributed by atoms with E-state index in [2.05, 4.69) is 41.5 Å². The molecular weight excluding hydrogens is 861 g/mol. The Morgan fingerprint density at radius 3 is 1.45 bits per heavy atom. The van der Waals surface area contributed by atoms with Crippen molar-refractivity contribution in [2.24, 2.45) is 97.6 Å². The van der Waals surface area contributed by atoms with Gasteiger partial charge in [0.2, 0.25) is 0 Å². The summed E-state index contributed by atoms with van der Waals surface area (Å²) in [5.74, 6) is 6.98. The Hall–Kier alpha value is -2.55. The van der Waals surface area contributed by atoms with Gasteiger partial charge in [-0.3, -0.25) is 24.0 Å². The fourth-order valence-corrected chi connectivity index (χ4v) is 21.1. The van der Waals surface area contributed by atoms with E-state index in [0.717, 1.165) is 113 Å². The molecule has 0 bridgehead atoms. The molecule has 9 saturated carbocycles. The minimum absolute atomic E-state index is 0.0541. The largest absolute Gasteiger partial charge is 0.393 e. The molecule has 0 saturated heterocycles. The monoisotopic (exact) mass is 949 g/mol. The lowest BCUT2D eigenvalue weighted by molar-refractivity contribution is -0.146. The minimum Gasteiger partial charge on any atom is -0.393 e. The zero-order valence-electron chi connectivity index (χ0n) is 43.6. The first-order chi connectivity index (χ1) is 32.6. The van der Waals surface area contributed by atoms with Gasteiger partial charge in [-0.1, -0.05) is 58.3 Å². The minimum atomic E-state index is -0.430. The Kier molecular flexibility index (Phi) is 12.9. The molecule has 12 aliphatic carbocycles. The molecule has 8 nitrogen and oxygen atoms in total. The Labute approximate surface area is 414 Å². The number of hydrogen-bond donors (Lipinski definition) is 3. The second kappa shape index (κ2) is 17.8. The van der Waals surface area contributed by atoms with Crippen molar-refractivity contribution in [2.75, 3.05) is 6.61 Å². The fourth-order valence-electron chi connectivity index (χ4n) is 21.1. The van der Waals surface area contributed by atoms with Crippen molar-refractivity contribution in [2.45, 2.75) is 208 Å². The highest BCUT2D eigenvalue weighted by Crippen LogP contribution is 2.69. The van der Waals surface area contributed by atoms with E-state index in [0.29, 0.717) is 53.9 Å². The molecule has 0 amide bonds. The third kappa shape index (κ3) is 7.74. The van der Waals surface area contributed by atoms with Crippen LogP contribution in [0.4, 0.5) is 0 Å². The van der Waals surface area contributed by atoms with Gasteiger partial charge in [0.05, 0.1) is 12.2 Å². The molecule has 12 aliphatic rings. The number of aliphatic hydroxyl groups excluding tert-OH is 3. The van der Waals surface area contributed by atoms with Crippen molar-refractivity contribution in [3.8, 4) is 0 Å². The summed E-state index contributed by atoms with van der Waals surface area (Å²) >= 11 is 0. The molecule has 0 unspecified atom stereocenters. The summed E-state index contributed by atoms with van der Waals surface area (Å²) in [6.07, 6.45) is 29.0. The van der Waals surface area contributed by atoms with Gasteiger partial charge in [0.1, 0.15) is 12.4 Å². The van der Waals surface area contributed by atoms with Crippen molar-refractivity contribution in [3.05, 3.63) is 34.9 Å². The van der Waals surface area contributed by atoms with E-state index in [1.807, 2.05) is 18.2 Å². The van der Waals surface area contributed by atoms with Gasteiger partial charge < -0.3 is 15.3 Å². The lowest BCUT2D eigenvalue weighted by atomic mass is 9.46. The third-order valence-electron chi connectivity index (χ3n) is 24.8. The molecule has 9 fully saturated rings. The van der Waals surface area contributed by atoms with Crippen molar-refractivity contribution < 1.29 is 39.3 Å². The molecule has 0 aromatic heterocycles. The summed E-state index contributed by atoms with van der Waals surface area (Å²) in [7, 11) is 0. The van der Waals surface area contributed by atoms with Gasteiger partial charge in [-0.15, -0.1) is 0 Å². The Morgan fingerprint density at radius 1 is 0.493 bits per heavy atom. The van der Waals surface area contributed by atoms with Gasteiger partial charge in [-0.05, 0) is 239 Å². The van der Waals surface area contributed by atoms with Crippen LogP contribution in [0, 0.1) is 97.6 Å². The summed E-state index contributed by atoms with van der Waals surface area (Å²) < 4.78 is 0. The lowest BCUT2D eigenvalue weighted by Gasteiger charge is -2.59. The number of allylic oxidation sites excluding steroid dienone is 3. The number of fused-ring (bicyclic) bond motifs is 15. The SMILES string of the molecule is CC(=O)[C@H]1CC[C@H]2[C@@H]3CCC4=CC(=O)CC[C@]4(C)[C@H]3CC[C@]12C.C[C@]12CC[C@H]3[C@@H](CCC4=CC(=O)CC[C@@]43C)[C@@H]1CC[C@@H]2O.C[C@]12C[C@H](O)[C@H]3[C@@H](CCC4=CC(=O)CC[C@@]43C)[C@@H]1CC[C@@H]2C(=O)CO. The second-order valence-corrected chi connectivity index (χ2v) is 27.3. The summed E-state index contributed by atoms with van der Waals surface area (Å²) in [4.78, 5) is 60.0. The van der Waals surface area contributed by atoms with E-state index >= 15 is 0 Å². The van der Waals surface area contributed by atoms with Gasteiger partial charge in [0.25, 0.3) is 0 Å². The molecule has 0 aromatic rings. The first-order valence-corrected chi connectivity index (χ1v) is 28.3. The maximum absolute atomic E-state index is 12.3. The maximum Gasteiger partial charge on any atom is 0.161 e. The van der Waals surface area contributed by atoms with Crippen molar-refractivity contribution in [3.63, 3.8) is 0 Å². The average Bonchev–Trinajstić information content (AvgIpc) is 3.96. The zero-order chi connectivity index (χ0) is 49.2. The van der Waals surface area contributed by atoms with Crippen molar-refractivity contribution in [1.29, 1.82) is 0 Å². The molecule has 3 N–H and O–H groups in total. The van der Waals surface area contributed by atoms with Gasteiger partial charge in [-0.25, -0.2) is 0 Å². The summed E-state index contributed by atoms with van der Waals surface area (Å²) in [5.41, 5.74) is 4.81. The fraction of sp³-hybridized carbons (Fsp3) is 0.820. The second-order valence-electron chi connectivity index (χ2n) is 27.3.